The van der Waals surface area contributed by atoms with Crippen molar-refractivity contribution in [2.24, 2.45) is 0 Å². The minimum absolute atomic E-state index is 0.0107. The van der Waals surface area contributed by atoms with Crippen LogP contribution < -0.4 is 4.72 Å². The van der Waals surface area contributed by atoms with E-state index in [2.05, 4.69) is 14.7 Å². The Hall–Kier alpha value is -2.32. The van der Waals surface area contributed by atoms with Gasteiger partial charge in [0, 0.05) is 12.7 Å². The average Bonchev–Trinajstić information content (AvgIpc) is 2.93. The lowest BCUT2D eigenvalue weighted by molar-refractivity contribution is 0.549. The number of hydrogen-bond donors (Lipinski definition) is 1. The zero-order chi connectivity index (χ0) is 17.3. The first-order chi connectivity index (χ1) is 11.4. The maximum atomic E-state index is 13.0. The van der Waals surface area contributed by atoms with Gasteiger partial charge in [-0.2, -0.15) is 0 Å². The van der Waals surface area contributed by atoms with Gasteiger partial charge < -0.3 is 4.57 Å². The molecule has 0 spiro atoms. The van der Waals surface area contributed by atoms with Gasteiger partial charge in [0.15, 0.2) is 0 Å². The predicted molar refractivity (Wildman–Crippen MR) is 88.3 cm³/mol. The number of halogens is 1. The Morgan fingerprint density at radius 1 is 1.25 bits per heavy atom. The molecule has 3 rings (SSSR count). The van der Waals surface area contributed by atoms with E-state index in [1.54, 1.807) is 19.3 Å². The summed E-state index contributed by atoms with van der Waals surface area (Å²) in [6, 6.07) is 6.00. The maximum Gasteiger partial charge on any atom is 0.241 e. The standard InChI is InChI=1S/C16H17FN4O2S/c1-3-21-15-8-9-18-10-14(15)19-16(21)11(2)20-24(22,23)13-6-4-12(17)5-7-13/h4-11,20H,3H2,1-2H3/t11-/m1/s1. The van der Waals surface area contributed by atoms with E-state index < -0.39 is 21.9 Å². The zero-order valence-corrected chi connectivity index (χ0v) is 14.1. The van der Waals surface area contributed by atoms with Gasteiger partial charge in [-0.15, -0.1) is 0 Å². The topological polar surface area (TPSA) is 76.9 Å². The smallest absolute Gasteiger partial charge is 0.241 e. The van der Waals surface area contributed by atoms with Crippen molar-refractivity contribution in [3.05, 3.63) is 54.4 Å². The molecule has 1 N–H and O–H groups in total. The molecule has 1 aromatic carbocycles. The third-order valence-corrected chi connectivity index (χ3v) is 5.30. The first-order valence-corrected chi connectivity index (χ1v) is 8.98. The minimum atomic E-state index is -3.77. The molecular weight excluding hydrogens is 331 g/mol. The molecule has 1 atom stereocenters. The van der Waals surface area contributed by atoms with E-state index in [4.69, 9.17) is 0 Å². The molecule has 0 unspecified atom stereocenters. The molecule has 3 aromatic rings. The SMILES string of the molecule is CCn1c([C@@H](C)NS(=O)(=O)c2ccc(F)cc2)nc2cnccc21. The molecule has 0 aliphatic carbocycles. The highest BCUT2D eigenvalue weighted by atomic mass is 32.2. The van der Waals surface area contributed by atoms with Gasteiger partial charge in [-0.3, -0.25) is 4.98 Å². The summed E-state index contributed by atoms with van der Waals surface area (Å²) < 4.78 is 42.4. The zero-order valence-electron chi connectivity index (χ0n) is 13.3. The van der Waals surface area contributed by atoms with Crippen LogP contribution in [0.4, 0.5) is 4.39 Å². The van der Waals surface area contributed by atoms with Gasteiger partial charge in [-0.1, -0.05) is 0 Å². The average molecular weight is 348 g/mol. The van der Waals surface area contributed by atoms with Gasteiger partial charge in [-0.05, 0) is 44.2 Å². The maximum absolute atomic E-state index is 13.0. The quantitative estimate of drug-likeness (QED) is 0.769. The van der Waals surface area contributed by atoms with Crippen molar-refractivity contribution < 1.29 is 12.8 Å². The van der Waals surface area contributed by atoms with Gasteiger partial charge in [0.1, 0.15) is 17.2 Å². The Morgan fingerprint density at radius 3 is 2.62 bits per heavy atom. The van der Waals surface area contributed by atoms with Crippen LogP contribution in [0.2, 0.25) is 0 Å². The largest absolute Gasteiger partial charge is 0.327 e. The molecule has 0 aliphatic heterocycles. The lowest BCUT2D eigenvalue weighted by atomic mass is 10.3. The summed E-state index contributed by atoms with van der Waals surface area (Å²) in [6.07, 6.45) is 3.32. The number of pyridine rings is 1. The third-order valence-electron chi connectivity index (χ3n) is 3.74. The number of rotatable bonds is 5. The second kappa shape index (κ2) is 6.29. The minimum Gasteiger partial charge on any atom is -0.327 e. The summed E-state index contributed by atoms with van der Waals surface area (Å²) in [5.74, 6) is 0.119. The molecule has 0 saturated heterocycles. The molecule has 126 valence electrons. The van der Waals surface area contributed by atoms with E-state index in [1.165, 1.54) is 12.1 Å². The van der Waals surface area contributed by atoms with E-state index in [1.807, 2.05) is 17.6 Å². The van der Waals surface area contributed by atoms with Gasteiger partial charge in [0.25, 0.3) is 0 Å². The molecule has 0 aliphatic rings. The van der Waals surface area contributed by atoms with E-state index in [-0.39, 0.29) is 4.90 Å². The lowest BCUT2D eigenvalue weighted by Crippen LogP contribution is -2.28. The van der Waals surface area contributed by atoms with Gasteiger partial charge >= 0.3 is 0 Å². The monoisotopic (exact) mass is 348 g/mol. The van der Waals surface area contributed by atoms with Crippen LogP contribution in [0.1, 0.15) is 25.7 Å². The van der Waals surface area contributed by atoms with E-state index in [9.17, 15) is 12.8 Å². The van der Waals surface area contributed by atoms with Gasteiger partial charge in [0.2, 0.25) is 10.0 Å². The van der Waals surface area contributed by atoms with E-state index in [0.717, 1.165) is 17.6 Å². The molecule has 8 heteroatoms. The number of aryl methyl sites for hydroxylation is 1. The predicted octanol–water partition coefficient (Wildman–Crippen LogP) is 2.63. The van der Waals surface area contributed by atoms with Crippen molar-refractivity contribution in [2.45, 2.75) is 31.3 Å². The Morgan fingerprint density at radius 2 is 1.96 bits per heavy atom. The second-order valence-electron chi connectivity index (χ2n) is 5.38. The fraction of sp³-hybridized carbons (Fsp3) is 0.250. The Balaban J connectivity index is 1.95. The summed E-state index contributed by atoms with van der Waals surface area (Å²) in [5, 5.41) is 0. The second-order valence-corrected chi connectivity index (χ2v) is 7.09. The van der Waals surface area contributed by atoms with Crippen molar-refractivity contribution in [3.63, 3.8) is 0 Å². The highest BCUT2D eigenvalue weighted by Crippen LogP contribution is 2.22. The normalized spacial score (nSPS) is 13.3. The van der Waals surface area contributed by atoms with Crippen LogP contribution in [0.15, 0.2) is 47.6 Å². The molecular formula is C16H17FN4O2S. The summed E-state index contributed by atoms with van der Waals surface area (Å²) in [4.78, 5) is 8.54. The molecule has 0 fully saturated rings. The number of hydrogen-bond acceptors (Lipinski definition) is 4. The highest BCUT2D eigenvalue weighted by molar-refractivity contribution is 7.89. The fourth-order valence-electron chi connectivity index (χ4n) is 2.63. The molecule has 6 nitrogen and oxygen atoms in total. The van der Waals surface area contributed by atoms with Crippen molar-refractivity contribution in [3.8, 4) is 0 Å². The molecule has 2 heterocycles. The molecule has 24 heavy (non-hydrogen) atoms. The van der Waals surface area contributed by atoms with Crippen LogP contribution in [-0.4, -0.2) is 23.0 Å². The van der Waals surface area contributed by atoms with Crippen LogP contribution >= 0.6 is 0 Å². The molecule has 0 bridgehead atoms. The summed E-state index contributed by atoms with van der Waals surface area (Å²) >= 11 is 0. The number of benzene rings is 1. The van der Waals surface area contributed by atoms with Gasteiger partial charge in [-0.25, -0.2) is 22.5 Å². The summed E-state index contributed by atoms with van der Waals surface area (Å²) in [6.45, 7) is 4.34. The van der Waals surface area contributed by atoms with Crippen molar-refractivity contribution in [2.75, 3.05) is 0 Å². The fourth-order valence-corrected chi connectivity index (χ4v) is 3.83. The number of nitrogens with one attached hydrogen (secondary N) is 1. The van der Waals surface area contributed by atoms with E-state index in [0.29, 0.717) is 17.9 Å². The van der Waals surface area contributed by atoms with Crippen molar-refractivity contribution in [1.82, 2.24) is 19.3 Å². The third kappa shape index (κ3) is 3.02. The Kier molecular flexibility index (Phi) is 4.33. The van der Waals surface area contributed by atoms with Crippen LogP contribution in [0.3, 0.4) is 0 Å². The summed E-state index contributed by atoms with van der Waals surface area (Å²) in [5.41, 5.74) is 1.61. The van der Waals surface area contributed by atoms with Crippen LogP contribution in [0.25, 0.3) is 11.0 Å². The summed E-state index contributed by atoms with van der Waals surface area (Å²) in [7, 11) is -3.77. The number of sulfonamides is 1. The first-order valence-electron chi connectivity index (χ1n) is 7.50. The van der Waals surface area contributed by atoms with Gasteiger partial charge in [0.05, 0.1) is 22.7 Å². The highest BCUT2D eigenvalue weighted by Gasteiger charge is 2.22. The molecule has 0 amide bonds. The van der Waals surface area contributed by atoms with Crippen LogP contribution in [0, 0.1) is 5.82 Å². The van der Waals surface area contributed by atoms with Crippen LogP contribution in [-0.2, 0) is 16.6 Å². The Labute approximate surface area is 139 Å². The Bertz CT molecular complexity index is 967. The molecule has 0 radical (unpaired) electrons. The molecule has 2 aromatic heterocycles. The number of nitrogens with zero attached hydrogens (tertiary/aromatic N) is 3. The number of imidazole rings is 1. The van der Waals surface area contributed by atoms with Crippen LogP contribution in [0.5, 0.6) is 0 Å². The molecule has 0 saturated carbocycles. The van der Waals surface area contributed by atoms with Crippen molar-refractivity contribution in [1.29, 1.82) is 0 Å². The number of aromatic nitrogens is 3. The first kappa shape index (κ1) is 16.5. The number of fused-ring (bicyclic) bond motifs is 1. The lowest BCUT2D eigenvalue weighted by Gasteiger charge is -2.15. The van der Waals surface area contributed by atoms with Crippen molar-refractivity contribution >= 4 is 21.1 Å². The van der Waals surface area contributed by atoms with E-state index >= 15 is 0 Å².